The molecule has 0 fully saturated rings. The first-order chi connectivity index (χ1) is 31.2. The average Bonchev–Trinajstić information content (AvgIpc) is 3.91. The lowest BCUT2D eigenvalue weighted by Crippen LogP contribution is -2.74. The van der Waals surface area contributed by atoms with Crippen molar-refractivity contribution in [3.05, 3.63) is 231 Å². The number of nitrogens with zero attached hydrogens (tertiary/aromatic N) is 4. The monoisotopic (exact) mass is 838 g/mol. The minimum Gasteiger partial charge on any atom is -0.278 e. The summed E-state index contributed by atoms with van der Waals surface area (Å²) in [6.07, 6.45) is 0. The summed E-state index contributed by atoms with van der Waals surface area (Å²) in [7, 11) is -2.93. The first kappa shape index (κ1) is 37.0. The van der Waals surface area contributed by atoms with Crippen molar-refractivity contribution in [3.63, 3.8) is 0 Å². The van der Waals surface area contributed by atoms with Gasteiger partial charge in [-0.15, -0.1) is 11.3 Å². The highest BCUT2D eigenvalue weighted by atomic mass is 32.1. The molecule has 0 amide bonds. The molecule has 0 radical (unpaired) electrons. The third kappa shape index (κ3) is 6.14. The SMILES string of the molecule is c1ccc(-c2nc(-c3ccccc3)nc(-n3c4ccccc4c4cc(-c5cccc([Si](c6ccccc6)(c6ccccc6)c6cccc7sc8ccccc8c67)c5)ccc43)n2)cc1. The average molecular weight is 839 g/mol. The molecule has 9 aromatic carbocycles. The molecule has 0 spiro atoms. The zero-order valence-corrected chi connectivity index (χ0v) is 36.0. The van der Waals surface area contributed by atoms with Crippen molar-refractivity contribution in [1.82, 2.24) is 19.5 Å². The Morgan fingerprint density at radius 2 is 0.857 bits per heavy atom. The Bertz CT molecular complexity index is 3530. The van der Waals surface area contributed by atoms with Gasteiger partial charge in [-0.25, -0.2) is 4.98 Å². The van der Waals surface area contributed by atoms with Crippen LogP contribution in [-0.2, 0) is 0 Å². The molecule has 296 valence electrons. The summed E-state index contributed by atoms with van der Waals surface area (Å²) in [5.41, 5.74) is 6.29. The minimum absolute atomic E-state index is 0.584. The largest absolute Gasteiger partial charge is 0.278 e. The normalized spacial score (nSPS) is 11.8. The van der Waals surface area contributed by atoms with E-state index in [1.54, 1.807) is 0 Å². The molecule has 3 heterocycles. The fourth-order valence-corrected chi connectivity index (χ4v) is 15.9. The van der Waals surface area contributed by atoms with Gasteiger partial charge in [0.05, 0.1) is 11.0 Å². The number of hydrogen-bond donors (Lipinski definition) is 0. The summed E-state index contributed by atoms with van der Waals surface area (Å²) < 4.78 is 4.83. The van der Waals surface area contributed by atoms with Crippen molar-refractivity contribution < 1.29 is 0 Å². The topological polar surface area (TPSA) is 43.6 Å². The molecular formula is C57H38N4SSi. The molecule has 0 saturated heterocycles. The van der Waals surface area contributed by atoms with Crippen LogP contribution in [0.5, 0.6) is 0 Å². The van der Waals surface area contributed by atoms with Gasteiger partial charge in [-0.1, -0.05) is 200 Å². The van der Waals surface area contributed by atoms with Gasteiger partial charge in [-0.05, 0) is 62.2 Å². The van der Waals surface area contributed by atoms with E-state index in [2.05, 4.69) is 199 Å². The third-order valence-electron chi connectivity index (χ3n) is 12.4. The molecule has 0 bridgehead atoms. The fourth-order valence-electron chi connectivity index (χ4n) is 9.63. The number of hydrogen-bond acceptors (Lipinski definition) is 4. The molecule has 6 heteroatoms. The quantitative estimate of drug-likeness (QED) is 0.113. The smallest absolute Gasteiger partial charge is 0.238 e. The molecule has 12 rings (SSSR count). The fraction of sp³-hybridized carbons (Fsp3) is 0. The van der Waals surface area contributed by atoms with Gasteiger partial charge in [0.15, 0.2) is 19.7 Å². The van der Waals surface area contributed by atoms with Crippen LogP contribution in [0.4, 0.5) is 0 Å². The van der Waals surface area contributed by atoms with Gasteiger partial charge in [-0.2, -0.15) is 9.97 Å². The Hall–Kier alpha value is -7.77. The number of para-hydroxylation sites is 1. The molecule has 0 N–H and O–H groups in total. The van der Waals surface area contributed by atoms with Crippen LogP contribution >= 0.6 is 11.3 Å². The van der Waals surface area contributed by atoms with Crippen molar-refractivity contribution in [2.24, 2.45) is 0 Å². The van der Waals surface area contributed by atoms with Gasteiger partial charge in [0.25, 0.3) is 0 Å². The van der Waals surface area contributed by atoms with Crippen LogP contribution in [0, 0.1) is 0 Å². The second-order valence-electron chi connectivity index (χ2n) is 15.9. The number of fused-ring (bicyclic) bond motifs is 6. The highest BCUT2D eigenvalue weighted by molar-refractivity contribution is 7.27. The predicted octanol–water partition coefficient (Wildman–Crippen LogP) is 11.7. The van der Waals surface area contributed by atoms with E-state index in [0.29, 0.717) is 17.6 Å². The lowest BCUT2D eigenvalue weighted by atomic mass is 10.0. The van der Waals surface area contributed by atoms with Crippen molar-refractivity contribution in [3.8, 4) is 39.9 Å². The van der Waals surface area contributed by atoms with Crippen molar-refractivity contribution in [2.75, 3.05) is 0 Å². The molecule has 0 atom stereocenters. The van der Waals surface area contributed by atoms with Gasteiger partial charge in [-0.3, -0.25) is 4.57 Å². The summed E-state index contributed by atoms with van der Waals surface area (Å²) in [5, 5.41) is 10.4. The van der Waals surface area contributed by atoms with E-state index < -0.39 is 8.07 Å². The lowest BCUT2D eigenvalue weighted by Gasteiger charge is -2.35. The van der Waals surface area contributed by atoms with E-state index in [9.17, 15) is 0 Å². The Labute approximate surface area is 370 Å². The second kappa shape index (κ2) is 15.3. The van der Waals surface area contributed by atoms with Crippen LogP contribution in [0.1, 0.15) is 0 Å². The highest BCUT2D eigenvalue weighted by Gasteiger charge is 2.43. The van der Waals surface area contributed by atoms with Crippen molar-refractivity contribution in [1.29, 1.82) is 0 Å². The first-order valence-electron chi connectivity index (χ1n) is 21.3. The highest BCUT2D eigenvalue weighted by Crippen LogP contribution is 2.37. The van der Waals surface area contributed by atoms with Crippen molar-refractivity contribution in [2.45, 2.75) is 0 Å². The van der Waals surface area contributed by atoms with Crippen LogP contribution in [0.3, 0.4) is 0 Å². The van der Waals surface area contributed by atoms with Crippen LogP contribution in [0.2, 0.25) is 0 Å². The van der Waals surface area contributed by atoms with E-state index in [4.69, 9.17) is 15.0 Å². The third-order valence-corrected chi connectivity index (χ3v) is 18.3. The van der Waals surface area contributed by atoms with Gasteiger partial charge in [0.2, 0.25) is 5.95 Å². The summed E-state index contributed by atoms with van der Waals surface area (Å²) in [6, 6.07) is 83.5. The van der Waals surface area contributed by atoms with Crippen LogP contribution in [0.15, 0.2) is 231 Å². The summed E-state index contributed by atoms with van der Waals surface area (Å²) >= 11 is 1.89. The van der Waals surface area contributed by atoms with Gasteiger partial charge < -0.3 is 0 Å². The number of thiophene rings is 1. The number of rotatable bonds is 8. The van der Waals surface area contributed by atoms with Gasteiger partial charge >= 0.3 is 0 Å². The predicted molar refractivity (Wildman–Crippen MR) is 267 cm³/mol. The van der Waals surface area contributed by atoms with Crippen molar-refractivity contribution >= 4 is 82.1 Å². The zero-order valence-electron chi connectivity index (χ0n) is 34.1. The van der Waals surface area contributed by atoms with E-state index in [1.807, 2.05) is 47.7 Å². The minimum atomic E-state index is -2.93. The first-order valence-corrected chi connectivity index (χ1v) is 24.1. The standard InChI is InChI=1S/C57H38N4SSi/c1-5-19-39(20-6-1)55-58-56(40-21-7-2-8-22-40)60-57(59-55)61-49-31-15-13-29-46(49)48-38-42(35-36-50(48)61)41-23-17-28-45(37-41)63(43-24-9-3-10-25-43,44-26-11-4-12-27-44)53-34-18-33-52-54(53)47-30-14-16-32-51(47)62-52/h1-38H. The molecular weight excluding hydrogens is 801 g/mol. The van der Waals surface area contributed by atoms with E-state index in [0.717, 1.165) is 38.5 Å². The molecule has 0 aliphatic heterocycles. The number of benzene rings is 9. The molecule has 0 unspecified atom stereocenters. The van der Waals surface area contributed by atoms with E-state index >= 15 is 0 Å². The molecule has 63 heavy (non-hydrogen) atoms. The molecule has 12 aromatic rings. The Morgan fingerprint density at radius 1 is 0.349 bits per heavy atom. The van der Waals surface area contributed by atoms with Crippen LogP contribution in [-0.4, -0.2) is 27.6 Å². The Morgan fingerprint density at radius 3 is 1.54 bits per heavy atom. The maximum Gasteiger partial charge on any atom is 0.238 e. The van der Waals surface area contributed by atoms with E-state index in [-0.39, 0.29) is 0 Å². The Balaban J connectivity index is 1.08. The van der Waals surface area contributed by atoms with Gasteiger partial charge in [0.1, 0.15) is 0 Å². The summed E-state index contributed by atoms with van der Waals surface area (Å²) in [5.74, 6) is 1.85. The molecule has 0 aliphatic rings. The lowest BCUT2D eigenvalue weighted by molar-refractivity contribution is 0.953. The summed E-state index contributed by atoms with van der Waals surface area (Å²) in [4.78, 5) is 15.3. The number of aromatic nitrogens is 4. The maximum absolute atomic E-state index is 5.16. The summed E-state index contributed by atoms with van der Waals surface area (Å²) in [6.45, 7) is 0. The van der Waals surface area contributed by atoms with Crippen LogP contribution < -0.4 is 20.7 Å². The Kier molecular flexibility index (Phi) is 8.99. The molecule has 0 aliphatic carbocycles. The van der Waals surface area contributed by atoms with Crippen LogP contribution in [0.25, 0.3) is 81.8 Å². The second-order valence-corrected chi connectivity index (χ2v) is 20.8. The molecule has 4 nitrogen and oxygen atoms in total. The van der Waals surface area contributed by atoms with Gasteiger partial charge in [0, 0.05) is 42.1 Å². The molecule has 3 aromatic heterocycles. The van der Waals surface area contributed by atoms with E-state index in [1.165, 1.54) is 46.5 Å². The zero-order chi connectivity index (χ0) is 41.7. The molecule has 0 saturated carbocycles. The maximum atomic E-state index is 5.16.